The van der Waals surface area contributed by atoms with Gasteiger partial charge in [0.1, 0.15) is 11.4 Å². The summed E-state index contributed by atoms with van der Waals surface area (Å²) in [6, 6.07) is 0.760. The second-order valence-electron chi connectivity index (χ2n) is 7.01. The number of alkyl halides is 3. The first-order valence-electron chi connectivity index (χ1n) is 7.82. The molecule has 0 saturated carbocycles. The van der Waals surface area contributed by atoms with Crippen LogP contribution in [0.2, 0.25) is 5.02 Å². The highest BCUT2D eigenvalue weighted by Gasteiger charge is 2.34. The Bertz CT molecular complexity index is 646. The minimum atomic E-state index is -4.49. The number of pyridine rings is 1. The van der Waals surface area contributed by atoms with E-state index < -0.39 is 23.4 Å². The van der Waals surface area contributed by atoms with Gasteiger partial charge in [0.25, 0.3) is 0 Å². The van der Waals surface area contributed by atoms with E-state index in [9.17, 15) is 18.0 Å². The quantitative estimate of drug-likeness (QED) is 0.772. The predicted octanol–water partition coefficient (Wildman–Crippen LogP) is 4.20. The third-order valence-electron chi connectivity index (χ3n) is 3.85. The van der Waals surface area contributed by atoms with E-state index >= 15 is 0 Å². The molecule has 0 N–H and O–H groups in total. The lowest BCUT2D eigenvalue weighted by molar-refractivity contribution is -0.137. The van der Waals surface area contributed by atoms with E-state index in [0.717, 1.165) is 12.3 Å². The Labute approximate surface area is 149 Å². The number of anilines is 1. The SMILES string of the molecule is CN(c1ncc(C(F)(F)F)cc1Cl)C1CCN(C(=O)OC(C)(C)C)C1. The van der Waals surface area contributed by atoms with Gasteiger partial charge in [-0.2, -0.15) is 13.2 Å². The average molecular weight is 380 g/mol. The number of aromatic nitrogens is 1. The number of likely N-dealkylation sites (N-methyl/N-ethyl adjacent to an activating group) is 1. The number of carbonyl (C=O) groups excluding carboxylic acids is 1. The molecule has 2 heterocycles. The molecule has 1 unspecified atom stereocenters. The van der Waals surface area contributed by atoms with Crippen LogP contribution < -0.4 is 4.90 Å². The first-order valence-corrected chi connectivity index (χ1v) is 8.20. The molecule has 1 fully saturated rings. The lowest BCUT2D eigenvalue weighted by Crippen LogP contribution is -2.39. The third-order valence-corrected chi connectivity index (χ3v) is 4.12. The molecule has 0 bridgehead atoms. The van der Waals surface area contributed by atoms with E-state index in [1.54, 1.807) is 37.6 Å². The Kier molecular flexibility index (Phi) is 5.41. The van der Waals surface area contributed by atoms with Crippen molar-refractivity contribution in [2.75, 3.05) is 25.0 Å². The Morgan fingerprint density at radius 2 is 2.04 bits per heavy atom. The molecule has 0 aromatic carbocycles. The average Bonchev–Trinajstić information content (AvgIpc) is 2.93. The van der Waals surface area contributed by atoms with Crippen LogP contribution in [0.5, 0.6) is 0 Å². The van der Waals surface area contributed by atoms with Crippen molar-refractivity contribution in [2.24, 2.45) is 0 Å². The number of nitrogens with zero attached hydrogens (tertiary/aromatic N) is 3. The van der Waals surface area contributed by atoms with E-state index in [1.807, 2.05) is 0 Å². The molecule has 140 valence electrons. The maximum atomic E-state index is 12.7. The van der Waals surface area contributed by atoms with Gasteiger partial charge in [0, 0.05) is 32.4 Å². The first-order chi connectivity index (χ1) is 11.4. The molecule has 2 rings (SSSR count). The van der Waals surface area contributed by atoms with Crippen LogP contribution in [0.4, 0.5) is 23.8 Å². The highest BCUT2D eigenvalue weighted by molar-refractivity contribution is 6.33. The topological polar surface area (TPSA) is 45.7 Å². The summed E-state index contributed by atoms with van der Waals surface area (Å²) in [6.45, 7) is 6.26. The molecule has 1 atom stereocenters. The molecule has 9 heteroatoms. The van der Waals surface area contributed by atoms with Crippen LogP contribution in [-0.4, -0.2) is 47.8 Å². The zero-order valence-corrected chi connectivity index (χ0v) is 15.3. The minimum Gasteiger partial charge on any atom is -0.444 e. The summed E-state index contributed by atoms with van der Waals surface area (Å²) in [6.07, 6.45) is -3.49. The van der Waals surface area contributed by atoms with Crippen LogP contribution in [0, 0.1) is 0 Å². The van der Waals surface area contributed by atoms with E-state index in [1.165, 1.54) is 0 Å². The van der Waals surface area contributed by atoms with E-state index in [2.05, 4.69) is 4.98 Å². The van der Waals surface area contributed by atoms with Crippen molar-refractivity contribution in [3.63, 3.8) is 0 Å². The fourth-order valence-corrected chi connectivity index (χ4v) is 2.87. The Balaban J connectivity index is 2.07. The summed E-state index contributed by atoms with van der Waals surface area (Å²) in [5, 5.41) is -0.0759. The van der Waals surface area contributed by atoms with Crippen LogP contribution >= 0.6 is 11.6 Å². The molecular formula is C16H21ClF3N3O2. The molecule has 5 nitrogen and oxygen atoms in total. The summed E-state index contributed by atoms with van der Waals surface area (Å²) in [4.78, 5) is 19.2. The second kappa shape index (κ2) is 6.90. The van der Waals surface area contributed by atoms with E-state index in [0.29, 0.717) is 19.5 Å². The minimum absolute atomic E-state index is 0.0759. The van der Waals surface area contributed by atoms with Gasteiger partial charge in [0.2, 0.25) is 0 Å². The van der Waals surface area contributed by atoms with Crippen LogP contribution in [-0.2, 0) is 10.9 Å². The van der Waals surface area contributed by atoms with Crippen molar-refractivity contribution in [1.82, 2.24) is 9.88 Å². The summed E-state index contributed by atoms with van der Waals surface area (Å²) >= 11 is 5.99. The van der Waals surface area contributed by atoms with Crippen molar-refractivity contribution in [3.8, 4) is 0 Å². The molecule has 0 radical (unpaired) electrons. The van der Waals surface area contributed by atoms with Crippen molar-refractivity contribution < 1.29 is 22.7 Å². The standard InChI is InChI=1S/C16H21ClF3N3O2/c1-15(2,3)25-14(24)23-6-5-11(9-23)22(4)13-12(17)7-10(8-21-13)16(18,19)20/h7-8,11H,5-6,9H2,1-4H3. The number of carbonyl (C=O) groups is 1. The molecule has 0 aliphatic carbocycles. The van der Waals surface area contributed by atoms with Crippen molar-refractivity contribution >= 4 is 23.5 Å². The van der Waals surface area contributed by atoms with Crippen molar-refractivity contribution in [3.05, 3.63) is 22.8 Å². The van der Waals surface area contributed by atoms with Gasteiger partial charge in [-0.25, -0.2) is 9.78 Å². The first kappa shape index (κ1) is 19.6. The molecule has 1 aromatic rings. The maximum absolute atomic E-state index is 12.7. The summed E-state index contributed by atoms with van der Waals surface area (Å²) in [5.41, 5.74) is -1.48. The highest BCUT2D eigenvalue weighted by Crippen LogP contribution is 2.34. The van der Waals surface area contributed by atoms with E-state index in [-0.39, 0.29) is 16.9 Å². The van der Waals surface area contributed by atoms with Gasteiger partial charge in [-0.15, -0.1) is 0 Å². The number of likely N-dealkylation sites (tertiary alicyclic amines) is 1. The fraction of sp³-hybridized carbons (Fsp3) is 0.625. The summed E-state index contributed by atoms with van der Waals surface area (Å²) in [7, 11) is 1.70. The van der Waals surface area contributed by atoms with Gasteiger partial charge >= 0.3 is 12.3 Å². The summed E-state index contributed by atoms with van der Waals surface area (Å²) in [5.74, 6) is 0.255. The van der Waals surface area contributed by atoms with Gasteiger partial charge in [0.05, 0.1) is 10.6 Å². The molecule has 1 aliphatic rings. The van der Waals surface area contributed by atoms with Crippen LogP contribution in [0.25, 0.3) is 0 Å². The lowest BCUT2D eigenvalue weighted by atomic mass is 10.2. The Morgan fingerprint density at radius 1 is 1.40 bits per heavy atom. The summed E-state index contributed by atoms with van der Waals surface area (Å²) < 4.78 is 43.5. The Morgan fingerprint density at radius 3 is 2.56 bits per heavy atom. The maximum Gasteiger partial charge on any atom is 0.417 e. The van der Waals surface area contributed by atoms with Gasteiger partial charge in [0.15, 0.2) is 0 Å². The number of amides is 1. The molecule has 1 amide bonds. The number of hydrogen-bond acceptors (Lipinski definition) is 4. The number of hydrogen-bond donors (Lipinski definition) is 0. The van der Waals surface area contributed by atoms with Gasteiger partial charge < -0.3 is 14.5 Å². The molecule has 1 aromatic heterocycles. The normalized spacial score (nSPS) is 18.4. The lowest BCUT2D eigenvalue weighted by Gasteiger charge is -2.28. The number of ether oxygens (including phenoxy) is 1. The second-order valence-corrected chi connectivity index (χ2v) is 7.41. The predicted molar refractivity (Wildman–Crippen MR) is 88.9 cm³/mol. The molecule has 1 aliphatic heterocycles. The third kappa shape index (κ3) is 4.90. The molecule has 25 heavy (non-hydrogen) atoms. The Hall–Kier alpha value is -1.70. The van der Waals surface area contributed by atoms with Crippen molar-refractivity contribution in [1.29, 1.82) is 0 Å². The fourth-order valence-electron chi connectivity index (χ4n) is 2.57. The molecule has 1 saturated heterocycles. The monoisotopic (exact) mass is 379 g/mol. The zero-order chi connectivity index (χ0) is 19.0. The molecular weight excluding hydrogens is 359 g/mol. The number of rotatable bonds is 2. The largest absolute Gasteiger partial charge is 0.444 e. The van der Waals surface area contributed by atoms with Crippen LogP contribution in [0.3, 0.4) is 0 Å². The van der Waals surface area contributed by atoms with Gasteiger partial charge in [-0.1, -0.05) is 11.6 Å². The van der Waals surface area contributed by atoms with Crippen LogP contribution in [0.15, 0.2) is 12.3 Å². The molecule has 0 spiro atoms. The van der Waals surface area contributed by atoms with E-state index in [4.69, 9.17) is 16.3 Å². The van der Waals surface area contributed by atoms with Gasteiger partial charge in [-0.3, -0.25) is 0 Å². The van der Waals surface area contributed by atoms with Crippen molar-refractivity contribution in [2.45, 2.75) is 45.0 Å². The van der Waals surface area contributed by atoms with Gasteiger partial charge in [-0.05, 0) is 33.3 Å². The smallest absolute Gasteiger partial charge is 0.417 e. The highest BCUT2D eigenvalue weighted by atomic mass is 35.5. The zero-order valence-electron chi connectivity index (χ0n) is 14.5. The number of halogens is 4. The van der Waals surface area contributed by atoms with Crippen LogP contribution in [0.1, 0.15) is 32.8 Å².